The fourth-order valence-corrected chi connectivity index (χ4v) is 2.40. The number of aromatic nitrogens is 1. The molecule has 4 nitrogen and oxygen atoms in total. The number of halogens is 1. The van der Waals surface area contributed by atoms with Crippen molar-refractivity contribution >= 4 is 22.9 Å². The number of nitrogens with zero attached hydrogens (tertiary/aromatic N) is 2. The molecule has 2 aromatic heterocycles. The van der Waals surface area contributed by atoms with Gasteiger partial charge in [0.15, 0.2) is 0 Å². The minimum Gasteiger partial charge on any atom is -0.475 e. The maximum Gasteiger partial charge on any atom is 0.232 e. The molecule has 0 aliphatic carbocycles. The molecule has 2 aromatic rings. The summed E-state index contributed by atoms with van der Waals surface area (Å²) >= 11 is 7.49. The Morgan fingerprint density at radius 1 is 1.53 bits per heavy atom. The Kier molecular flexibility index (Phi) is 5.16. The molecule has 0 fully saturated rings. The van der Waals surface area contributed by atoms with Gasteiger partial charge in [0, 0.05) is 29.5 Å². The van der Waals surface area contributed by atoms with Crippen molar-refractivity contribution in [1.29, 1.82) is 5.26 Å². The first-order valence-electron chi connectivity index (χ1n) is 5.71. The first-order valence-corrected chi connectivity index (χ1v) is 6.97. The summed E-state index contributed by atoms with van der Waals surface area (Å²) in [5, 5.41) is 14.3. The van der Waals surface area contributed by atoms with Gasteiger partial charge in [-0.3, -0.25) is 0 Å². The highest BCUT2D eigenvalue weighted by Crippen LogP contribution is 2.19. The second-order valence-corrected chi connectivity index (χ2v) is 5.13. The van der Waals surface area contributed by atoms with Crippen LogP contribution in [0.1, 0.15) is 10.4 Å². The van der Waals surface area contributed by atoms with Crippen molar-refractivity contribution in [3.8, 4) is 11.9 Å². The molecule has 0 aliphatic rings. The van der Waals surface area contributed by atoms with Crippen LogP contribution in [0.5, 0.6) is 5.88 Å². The van der Waals surface area contributed by atoms with E-state index in [4.69, 9.17) is 21.6 Å². The minimum absolute atomic E-state index is 0.453. The Morgan fingerprint density at radius 3 is 3.16 bits per heavy atom. The Bertz CT molecular complexity index is 579. The van der Waals surface area contributed by atoms with E-state index >= 15 is 0 Å². The van der Waals surface area contributed by atoms with Crippen molar-refractivity contribution in [2.24, 2.45) is 0 Å². The van der Waals surface area contributed by atoms with Crippen LogP contribution in [0.4, 0.5) is 0 Å². The summed E-state index contributed by atoms with van der Waals surface area (Å²) in [6, 6.07) is 7.50. The fourth-order valence-electron chi connectivity index (χ4n) is 1.44. The third-order valence-electron chi connectivity index (χ3n) is 2.32. The van der Waals surface area contributed by atoms with Gasteiger partial charge in [0.25, 0.3) is 0 Å². The van der Waals surface area contributed by atoms with Gasteiger partial charge in [-0.1, -0.05) is 11.6 Å². The van der Waals surface area contributed by atoms with Gasteiger partial charge in [0.2, 0.25) is 5.88 Å². The van der Waals surface area contributed by atoms with E-state index in [2.05, 4.69) is 16.4 Å². The molecular weight excluding hydrogens is 282 g/mol. The predicted molar refractivity (Wildman–Crippen MR) is 75.5 cm³/mol. The third-order valence-corrected chi connectivity index (χ3v) is 3.55. The van der Waals surface area contributed by atoms with E-state index in [0.29, 0.717) is 29.6 Å². The average molecular weight is 294 g/mol. The zero-order valence-corrected chi connectivity index (χ0v) is 11.7. The van der Waals surface area contributed by atoms with Crippen molar-refractivity contribution < 1.29 is 4.74 Å². The molecule has 0 amide bonds. The predicted octanol–water partition coefficient (Wildman–Crippen LogP) is 2.84. The Balaban J connectivity index is 1.68. The molecular formula is C13H12ClN3OS. The van der Waals surface area contributed by atoms with Crippen LogP contribution in [-0.2, 0) is 6.54 Å². The largest absolute Gasteiger partial charge is 0.475 e. The molecule has 0 saturated heterocycles. The van der Waals surface area contributed by atoms with Crippen LogP contribution < -0.4 is 10.1 Å². The number of hydrogen-bond donors (Lipinski definition) is 1. The molecule has 0 aliphatic heterocycles. The molecule has 2 rings (SSSR count). The lowest BCUT2D eigenvalue weighted by Gasteiger charge is -2.07. The highest BCUT2D eigenvalue weighted by Gasteiger charge is 2.01. The molecule has 0 unspecified atom stereocenters. The van der Waals surface area contributed by atoms with Gasteiger partial charge in [-0.05, 0) is 18.2 Å². The first kappa shape index (κ1) is 13.8. The quantitative estimate of drug-likeness (QED) is 0.832. The molecule has 19 heavy (non-hydrogen) atoms. The zero-order chi connectivity index (χ0) is 13.5. The van der Waals surface area contributed by atoms with Gasteiger partial charge >= 0.3 is 0 Å². The van der Waals surface area contributed by atoms with E-state index in [1.165, 1.54) is 0 Å². The molecule has 0 aromatic carbocycles. The second-order valence-electron chi connectivity index (χ2n) is 3.73. The van der Waals surface area contributed by atoms with E-state index in [0.717, 1.165) is 11.4 Å². The smallest absolute Gasteiger partial charge is 0.232 e. The van der Waals surface area contributed by atoms with Crippen LogP contribution in [0.15, 0.2) is 29.8 Å². The summed E-state index contributed by atoms with van der Waals surface area (Å²) in [7, 11) is 0. The van der Waals surface area contributed by atoms with Crippen LogP contribution in [0.3, 0.4) is 0 Å². The minimum atomic E-state index is 0.453. The maximum absolute atomic E-state index is 8.71. The number of ether oxygens (including phenoxy) is 1. The van der Waals surface area contributed by atoms with Crippen LogP contribution in [0.25, 0.3) is 0 Å². The molecule has 0 spiro atoms. The number of nitriles is 1. The van der Waals surface area contributed by atoms with Crippen LogP contribution in [0.2, 0.25) is 5.02 Å². The summed E-state index contributed by atoms with van der Waals surface area (Å²) in [6.45, 7) is 1.91. The van der Waals surface area contributed by atoms with Crippen molar-refractivity contribution in [3.63, 3.8) is 0 Å². The molecule has 0 atom stereocenters. The number of thiophene rings is 1. The number of pyridine rings is 1. The first-order chi connectivity index (χ1) is 9.29. The van der Waals surface area contributed by atoms with E-state index in [9.17, 15) is 0 Å². The Hall–Kier alpha value is -1.61. The monoisotopic (exact) mass is 293 g/mol. The lowest BCUT2D eigenvalue weighted by Crippen LogP contribution is -2.20. The standard InChI is InChI=1S/C13H12ClN3OS/c14-12-2-1-3-17-13(12)18-5-4-16-8-11-6-10(7-15)9-19-11/h1-3,6,9,16H,4-5,8H2. The van der Waals surface area contributed by atoms with E-state index in [1.807, 2.05) is 11.4 Å². The topological polar surface area (TPSA) is 57.9 Å². The van der Waals surface area contributed by atoms with Crippen LogP contribution >= 0.6 is 22.9 Å². The molecule has 6 heteroatoms. The van der Waals surface area contributed by atoms with Crippen molar-refractivity contribution in [1.82, 2.24) is 10.3 Å². The summed E-state index contributed by atoms with van der Waals surface area (Å²) < 4.78 is 5.45. The molecule has 98 valence electrons. The van der Waals surface area contributed by atoms with E-state index < -0.39 is 0 Å². The average Bonchev–Trinajstić information content (AvgIpc) is 2.88. The molecule has 0 radical (unpaired) electrons. The molecule has 0 saturated carbocycles. The maximum atomic E-state index is 8.71. The molecule has 0 bridgehead atoms. The fraction of sp³-hybridized carbons (Fsp3) is 0.231. The van der Waals surface area contributed by atoms with Gasteiger partial charge in [0.1, 0.15) is 17.7 Å². The van der Waals surface area contributed by atoms with Gasteiger partial charge in [-0.2, -0.15) is 5.26 Å². The summed E-state index contributed by atoms with van der Waals surface area (Å²) in [5.74, 6) is 0.453. The number of hydrogen-bond acceptors (Lipinski definition) is 5. The Labute approximate surface area is 120 Å². The number of rotatable bonds is 6. The lowest BCUT2D eigenvalue weighted by atomic mass is 10.3. The highest BCUT2D eigenvalue weighted by molar-refractivity contribution is 7.10. The van der Waals surface area contributed by atoms with Gasteiger partial charge in [-0.25, -0.2) is 4.98 Å². The summed E-state index contributed by atoms with van der Waals surface area (Å²) in [4.78, 5) is 5.16. The van der Waals surface area contributed by atoms with Gasteiger partial charge in [0.05, 0.1) is 5.56 Å². The molecule has 1 N–H and O–H groups in total. The van der Waals surface area contributed by atoms with Gasteiger partial charge in [-0.15, -0.1) is 11.3 Å². The van der Waals surface area contributed by atoms with Crippen LogP contribution in [0, 0.1) is 11.3 Å². The zero-order valence-electron chi connectivity index (χ0n) is 10.1. The van der Waals surface area contributed by atoms with Crippen molar-refractivity contribution in [2.75, 3.05) is 13.2 Å². The van der Waals surface area contributed by atoms with Gasteiger partial charge < -0.3 is 10.1 Å². The van der Waals surface area contributed by atoms with Crippen LogP contribution in [-0.4, -0.2) is 18.1 Å². The Morgan fingerprint density at radius 2 is 2.42 bits per heavy atom. The SMILES string of the molecule is N#Cc1csc(CNCCOc2ncccc2Cl)c1. The number of nitrogens with one attached hydrogen (secondary N) is 1. The van der Waals surface area contributed by atoms with E-state index in [-0.39, 0.29) is 0 Å². The van der Waals surface area contributed by atoms with E-state index in [1.54, 1.807) is 29.7 Å². The summed E-state index contributed by atoms with van der Waals surface area (Å²) in [5.41, 5.74) is 0.707. The molecule has 2 heterocycles. The second kappa shape index (κ2) is 7.10. The summed E-state index contributed by atoms with van der Waals surface area (Å²) in [6.07, 6.45) is 1.64. The highest BCUT2D eigenvalue weighted by atomic mass is 35.5. The lowest BCUT2D eigenvalue weighted by molar-refractivity contribution is 0.302. The van der Waals surface area contributed by atoms with Crippen molar-refractivity contribution in [3.05, 3.63) is 45.2 Å². The normalized spacial score (nSPS) is 10.1. The van der Waals surface area contributed by atoms with Crippen molar-refractivity contribution in [2.45, 2.75) is 6.54 Å². The third kappa shape index (κ3) is 4.21.